The Morgan fingerprint density at radius 3 is 2.25 bits per heavy atom. The molecule has 0 spiro atoms. The molecule has 0 aliphatic carbocycles. The van der Waals surface area contributed by atoms with E-state index in [2.05, 4.69) is 4.74 Å². The number of aromatic hydroxyl groups is 1. The monoisotopic (exact) mass is 281 g/mol. The highest BCUT2D eigenvalue weighted by Crippen LogP contribution is 2.26. The maximum Gasteiger partial charge on any atom is 0.343 e. The van der Waals surface area contributed by atoms with Gasteiger partial charge in [-0.15, -0.1) is 0 Å². The first-order valence-electron chi connectivity index (χ1n) is 6.01. The summed E-state index contributed by atoms with van der Waals surface area (Å²) in [4.78, 5) is 24.2. The van der Waals surface area contributed by atoms with Crippen LogP contribution in [0.2, 0.25) is 0 Å². The number of methoxy groups -OCH3 is 1. The number of esters is 2. The third kappa shape index (κ3) is 3.27. The molecule has 6 nitrogen and oxygen atoms in total. The van der Waals surface area contributed by atoms with Gasteiger partial charge in [-0.25, -0.2) is 9.59 Å². The Labute approximate surface area is 117 Å². The molecule has 0 bridgehead atoms. The molecule has 0 aliphatic heterocycles. The molecule has 0 saturated heterocycles. The van der Waals surface area contributed by atoms with E-state index in [0.717, 1.165) is 7.11 Å². The lowest BCUT2D eigenvalue weighted by molar-refractivity contribution is -0.171. The van der Waals surface area contributed by atoms with Crippen LogP contribution < -0.4 is 5.73 Å². The van der Waals surface area contributed by atoms with E-state index < -0.39 is 23.1 Å². The summed E-state index contributed by atoms with van der Waals surface area (Å²) in [6, 6.07) is 5.54. The quantitative estimate of drug-likeness (QED) is 0.635. The van der Waals surface area contributed by atoms with Gasteiger partial charge in [0.1, 0.15) is 11.4 Å². The van der Waals surface area contributed by atoms with Gasteiger partial charge in [0.05, 0.1) is 7.11 Å². The third-order valence-electron chi connectivity index (χ3n) is 2.53. The number of nitrogens with two attached hydrogens (primary N) is 1. The summed E-state index contributed by atoms with van der Waals surface area (Å²) in [6.45, 7) is 4.97. The number of hydrogen-bond acceptors (Lipinski definition) is 6. The van der Waals surface area contributed by atoms with Crippen LogP contribution in [-0.2, 0) is 24.6 Å². The summed E-state index contributed by atoms with van der Waals surface area (Å²) >= 11 is 0. The molecule has 0 radical (unpaired) electrons. The van der Waals surface area contributed by atoms with Crippen molar-refractivity contribution < 1.29 is 24.2 Å². The summed E-state index contributed by atoms with van der Waals surface area (Å²) in [5.41, 5.74) is 3.09. The lowest BCUT2D eigenvalue weighted by atomic mass is 9.90. The Morgan fingerprint density at radius 2 is 1.80 bits per heavy atom. The Balaban J connectivity index is 3.30. The van der Waals surface area contributed by atoms with Crippen molar-refractivity contribution >= 4 is 11.9 Å². The van der Waals surface area contributed by atoms with Crippen molar-refractivity contribution in [1.82, 2.24) is 0 Å². The summed E-state index contributed by atoms with van der Waals surface area (Å²) in [6.07, 6.45) is 0. The fraction of sp³-hybridized carbons (Fsp3) is 0.429. The van der Waals surface area contributed by atoms with Crippen molar-refractivity contribution in [2.45, 2.75) is 31.9 Å². The number of hydrogen-bond donors (Lipinski definition) is 2. The second-order valence-corrected chi connectivity index (χ2v) is 5.35. The van der Waals surface area contributed by atoms with Gasteiger partial charge in [0.15, 0.2) is 0 Å². The molecule has 1 aromatic carbocycles. The maximum atomic E-state index is 12.3. The third-order valence-corrected chi connectivity index (χ3v) is 2.53. The normalized spacial score (nSPS) is 14.2. The van der Waals surface area contributed by atoms with E-state index in [4.69, 9.17) is 10.5 Å². The van der Waals surface area contributed by atoms with Crippen LogP contribution in [-0.4, -0.2) is 29.8 Å². The van der Waals surface area contributed by atoms with Crippen LogP contribution in [0.5, 0.6) is 5.75 Å². The van der Waals surface area contributed by atoms with E-state index in [0.29, 0.717) is 0 Å². The molecule has 110 valence electrons. The van der Waals surface area contributed by atoms with Crippen LogP contribution in [0, 0.1) is 0 Å². The van der Waals surface area contributed by atoms with Crippen LogP contribution in [0.25, 0.3) is 0 Å². The summed E-state index contributed by atoms with van der Waals surface area (Å²) in [5, 5.41) is 9.49. The lowest BCUT2D eigenvalue weighted by Gasteiger charge is -2.29. The summed E-state index contributed by atoms with van der Waals surface area (Å²) in [5.74, 6) is -2.02. The Morgan fingerprint density at radius 1 is 1.20 bits per heavy atom. The molecular formula is C14H19NO5. The molecule has 3 N–H and O–H groups in total. The van der Waals surface area contributed by atoms with Gasteiger partial charge < -0.3 is 20.3 Å². The first-order valence-corrected chi connectivity index (χ1v) is 6.01. The molecule has 0 fully saturated rings. The van der Waals surface area contributed by atoms with E-state index in [1.807, 2.05) is 0 Å². The second-order valence-electron chi connectivity index (χ2n) is 5.35. The van der Waals surface area contributed by atoms with Gasteiger partial charge in [-0.05, 0) is 38.5 Å². The van der Waals surface area contributed by atoms with Crippen molar-refractivity contribution in [3.63, 3.8) is 0 Å². The molecule has 0 aromatic heterocycles. The predicted octanol–water partition coefficient (Wildman–Crippen LogP) is 1.06. The van der Waals surface area contributed by atoms with E-state index in [1.165, 1.54) is 24.3 Å². The molecule has 1 atom stereocenters. The van der Waals surface area contributed by atoms with Crippen LogP contribution >= 0.6 is 0 Å². The van der Waals surface area contributed by atoms with Crippen LogP contribution in [0.4, 0.5) is 0 Å². The van der Waals surface area contributed by atoms with E-state index in [-0.39, 0.29) is 11.3 Å². The van der Waals surface area contributed by atoms with E-state index in [1.54, 1.807) is 20.8 Å². The molecule has 20 heavy (non-hydrogen) atoms. The number of benzene rings is 1. The molecule has 1 aromatic rings. The first-order chi connectivity index (χ1) is 9.11. The fourth-order valence-electron chi connectivity index (χ4n) is 1.59. The molecule has 6 heteroatoms. The zero-order valence-electron chi connectivity index (χ0n) is 12.0. The first kappa shape index (κ1) is 16.0. The van der Waals surface area contributed by atoms with Crippen LogP contribution in [0.15, 0.2) is 24.3 Å². The van der Waals surface area contributed by atoms with Crippen LogP contribution in [0.3, 0.4) is 0 Å². The zero-order chi connectivity index (χ0) is 15.6. The van der Waals surface area contributed by atoms with Crippen molar-refractivity contribution in [3.05, 3.63) is 29.8 Å². The van der Waals surface area contributed by atoms with Crippen LogP contribution in [0.1, 0.15) is 26.3 Å². The molecule has 0 saturated carbocycles. The van der Waals surface area contributed by atoms with Crippen molar-refractivity contribution in [1.29, 1.82) is 0 Å². The average Bonchev–Trinajstić information content (AvgIpc) is 2.34. The Hall–Kier alpha value is -2.08. The number of phenols is 1. The summed E-state index contributed by atoms with van der Waals surface area (Å²) in [7, 11) is 1.12. The molecule has 0 amide bonds. The maximum absolute atomic E-state index is 12.3. The highest BCUT2D eigenvalue weighted by atomic mass is 16.6. The molecule has 1 rings (SSSR count). The number of carbonyl (C=O) groups is 2. The molecule has 1 unspecified atom stereocenters. The molecular weight excluding hydrogens is 262 g/mol. The topological polar surface area (TPSA) is 98.9 Å². The lowest BCUT2D eigenvalue weighted by Crippen LogP contribution is -2.54. The number of rotatable bonds is 3. The Kier molecular flexibility index (Phi) is 4.39. The SMILES string of the molecule is COC(=O)C(N)(C(=O)OC(C)(C)C)c1cccc(O)c1. The minimum Gasteiger partial charge on any atom is -0.508 e. The molecule has 0 aliphatic rings. The van der Waals surface area contributed by atoms with Gasteiger partial charge in [-0.2, -0.15) is 0 Å². The van der Waals surface area contributed by atoms with Gasteiger partial charge >= 0.3 is 11.9 Å². The Bertz CT molecular complexity index is 521. The van der Waals surface area contributed by atoms with E-state index in [9.17, 15) is 14.7 Å². The minimum atomic E-state index is -2.12. The predicted molar refractivity (Wildman–Crippen MR) is 71.8 cm³/mol. The van der Waals surface area contributed by atoms with Gasteiger partial charge in [-0.1, -0.05) is 12.1 Å². The largest absolute Gasteiger partial charge is 0.508 e. The van der Waals surface area contributed by atoms with Gasteiger partial charge in [0, 0.05) is 0 Å². The summed E-state index contributed by atoms with van der Waals surface area (Å²) < 4.78 is 9.77. The van der Waals surface area contributed by atoms with Crippen molar-refractivity contribution in [3.8, 4) is 5.75 Å². The highest BCUT2D eigenvalue weighted by molar-refractivity contribution is 6.05. The minimum absolute atomic E-state index is 0.0959. The second kappa shape index (κ2) is 5.50. The standard InChI is InChI=1S/C14H19NO5/c1-13(2,3)20-12(18)14(15,11(17)19-4)9-6-5-7-10(16)8-9/h5-8,16H,15H2,1-4H3. The number of ether oxygens (including phenoxy) is 2. The zero-order valence-corrected chi connectivity index (χ0v) is 12.0. The smallest absolute Gasteiger partial charge is 0.343 e. The average molecular weight is 281 g/mol. The number of phenolic OH excluding ortho intramolecular Hbond substituents is 1. The van der Waals surface area contributed by atoms with Crippen molar-refractivity contribution in [2.75, 3.05) is 7.11 Å². The van der Waals surface area contributed by atoms with Gasteiger partial charge in [0.2, 0.25) is 5.54 Å². The van der Waals surface area contributed by atoms with Gasteiger partial charge in [0.25, 0.3) is 0 Å². The van der Waals surface area contributed by atoms with E-state index >= 15 is 0 Å². The molecule has 0 heterocycles. The highest BCUT2D eigenvalue weighted by Gasteiger charge is 2.48. The number of carbonyl (C=O) groups excluding carboxylic acids is 2. The van der Waals surface area contributed by atoms with Crippen molar-refractivity contribution in [2.24, 2.45) is 5.73 Å². The fourth-order valence-corrected chi connectivity index (χ4v) is 1.59. The van der Waals surface area contributed by atoms with Gasteiger partial charge in [-0.3, -0.25) is 0 Å².